The van der Waals surface area contributed by atoms with Gasteiger partial charge in [0.05, 0.1) is 17.8 Å². The zero-order chi connectivity index (χ0) is 21.6. The van der Waals surface area contributed by atoms with Gasteiger partial charge in [-0.1, -0.05) is 71.7 Å². The van der Waals surface area contributed by atoms with Crippen LogP contribution < -0.4 is 10.2 Å². The first kappa shape index (κ1) is 21.2. The van der Waals surface area contributed by atoms with Gasteiger partial charge in [0, 0.05) is 17.0 Å². The Bertz CT molecular complexity index is 1220. The molecule has 0 atom stereocenters. The number of hydrogen-bond acceptors (Lipinski definition) is 3. The van der Waals surface area contributed by atoms with E-state index in [1.165, 1.54) is 0 Å². The quantitative estimate of drug-likeness (QED) is 0.149. The highest BCUT2D eigenvalue weighted by Gasteiger charge is 2.07. The number of benzene rings is 4. The lowest BCUT2D eigenvalue weighted by Crippen LogP contribution is -2.18. The highest BCUT2D eigenvalue weighted by atomic mass is 35.5. The van der Waals surface area contributed by atoms with E-state index in [2.05, 4.69) is 40.9 Å². The molecule has 0 saturated carbocycles. The van der Waals surface area contributed by atoms with Crippen molar-refractivity contribution in [3.8, 4) is 5.75 Å². The van der Waals surface area contributed by atoms with Crippen LogP contribution in [0.2, 0.25) is 10.0 Å². The Morgan fingerprint density at radius 3 is 2.29 bits per heavy atom. The molecule has 4 aromatic carbocycles. The molecule has 0 aromatic heterocycles. The standard InChI is InChI=1S/C25H20Cl2N2O2/c26-19-11-12-24(23(27)15-19)31-13-5-10-25(30)29-28-16-22-20-8-3-1-6-17(20)14-18-7-2-4-9-21(18)22/h1-4,6-9,11-12,14-16H,5,10,13H2,(H,29,30). The molecular formula is C25H20Cl2N2O2. The minimum absolute atomic E-state index is 0.174. The first-order chi connectivity index (χ1) is 15.1. The average Bonchev–Trinajstić information content (AvgIpc) is 2.77. The van der Waals surface area contributed by atoms with Crippen molar-refractivity contribution < 1.29 is 9.53 Å². The third kappa shape index (κ3) is 5.16. The number of carbonyl (C=O) groups excluding carboxylic acids is 1. The second-order valence-electron chi connectivity index (χ2n) is 7.05. The van der Waals surface area contributed by atoms with Crippen molar-refractivity contribution in [1.82, 2.24) is 5.43 Å². The van der Waals surface area contributed by atoms with E-state index in [9.17, 15) is 4.79 Å². The van der Waals surface area contributed by atoms with Crippen LogP contribution in [0.15, 0.2) is 77.9 Å². The number of nitrogens with one attached hydrogen (secondary N) is 1. The van der Waals surface area contributed by atoms with Crippen LogP contribution in [0, 0.1) is 0 Å². The van der Waals surface area contributed by atoms with Gasteiger partial charge in [-0.25, -0.2) is 5.43 Å². The molecular weight excluding hydrogens is 431 g/mol. The topological polar surface area (TPSA) is 50.7 Å². The van der Waals surface area contributed by atoms with E-state index >= 15 is 0 Å². The summed E-state index contributed by atoms with van der Waals surface area (Å²) in [4.78, 5) is 12.2. The van der Waals surface area contributed by atoms with E-state index in [-0.39, 0.29) is 5.91 Å². The van der Waals surface area contributed by atoms with E-state index in [4.69, 9.17) is 27.9 Å². The van der Waals surface area contributed by atoms with Gasteiger partial charge in [0.2, 0.25) is 5.91 Å². The summed E-state index contributed by atoms with van der Waals surface area (Å²) in [7, 11) is 0. The Kier molecular flexibility index (Phi) is 6.70. The van der Waals surface area contributed by atoms with Crippen molar-refractivity contribution in [3.63, 3.8) is 0 Å². The van der Waals surface area contributed by atoms with E-state index in [1.54, 1.807) is 24.4 Å². The molecule has 0 radical (unpaired) electrons. The number of amides is 1. The van der Waals surface area contributed by atoms with Crippen molar-refractivity contribution in [1.29, 1.82) is 0 Å². The minimum atomic E-state index is -0.174. The third-order valence-electron chi connectivity index (χ3n) is 4.90. The van der Waals surface area contributed by atoms with Gasteiger partial charge >= 0.3 is 0 Å². The third-order valence-corrected chi connectivity index (χ3v) is 5.43. The lowest BCUT2D eigenvalue weighted by molar-refractivity contribution is -0.121. The zero-order valence-corrected chi connectivity index (χ0v) is 18.2. The second kappa shape index (κ2) is 9.82. The molecule has 1 N–H and O–H groups in total. The molecule has 156 valence electrons. The predicted molar refractivity (Wildman–Crippen MR) is 128 cm³/mol. The summed E-state index contributed by atoms with van der Waals surface area (Å²) in [6.45, 7) is 0.368. The SMILES string of the molecule is O=C(CCCOc1ccc(Cl)cc1Cl)NN=Cc1c2ccccc2cc2ccccc12. The fourth-order valence-electron chi connectivity index (χ4n) is 3.42. The van der Waals surface area contributed by atoms with Gasteiger partial charge in [0.15, 0.2) is 0 Å². The fraction of sp³-hybridized carbons (Fsp3) is 0.120. The molecule has 0 aliphatic heterocycles. The number of hydrazone groups is 1. The van der Waals surface area contributed by atoms with Gasteiger partial charge in [0.25, 0.3) is 0 Å². The minimum Gasteiger partial charge on any atom is -0.492 e. The summed E-state index contributed by atoms with van der Waals surface area (Å²) in [6, 6.07) is 23.5. The Labute approximate surface area is 190 Å². The van der Waals surface area contributed by atoms with Crippen LogP contribution in [0.1, 0.15) is 18.4 Å². The predicted octanol–water partition coefficient (Wildman–Crippen LogP) is 6.61. The molecule has 4 aromatic rings. The van der Waals surface area contributed by atoms with Gasteiger partial charge in [-0.15, -0.1) is 0 Å². The number of fused-ring (bicyclic) bond motifs is 2. The van der Waals surface area contributed by atoms with Crippen molar-refractivity contribution in [2.75, 3.05) is 6.61 Å². The molecule has 0 spiro atoms. The van der Waals surface area contributed by atoms with E-state index in [1.807, 2.05) is 24.3 Å². The molecule has 4 rings (SSSR count). The number of hydrogen-bond donors (Lipinski definition) is 1. The Hall–Kier alpha value is -3.08. The lowest BCUT2D eigenvalue weighted by atomic mass is 9.97. The Morgan fingerprint density at radius 2 is 1.61 bits per heavy atom. The number of nitrogens with zero attached hydrogens (tertiary/aromatic N) is 1. The first-order valence-electron chi connectivity index (χ1n) is 9.92. The van der Waals surface area contributed by atoms with Gasteiger partial charge in [0.1, 0.15) is 5.75 Å². The summed E-state index contributed by atoms with van der Waals surface area (Å²) in [5, 5.41) is 9.64. The highest BCUT2D eigenvalue weighted by molar-refractivity contribution is 6.35. The van der Waals surface area contributed by atoms with Crippen LogP contribution in [-0.2, 0) is 4.79 Å². The van der Waals surface area contributed by atoms with Crippen LogP contribution in [-0.4, -0.2) is 18.7 Å². The number of ether oxygens (including phenoxy) is 1. The van der Waals surface area contributed by atoms with Gasteiger partial charge in [-0.05, 0) is 52.2 Å². The second-order valence-corrected chi connectivity index (χ2v) is 7.90. The normalized spacial score (nSPS) is 11.3. The van der Waals surface area contributed by atoms with Crippen LogP contribution in [0.3, 0.4) is 0 Å². The molecule has 31 heavy (non-hydrogen) atoms. The molecule has 0 aliphatic carbocycles. The number of halogens is 2. The van der Waals surface area contributed by atoms with E-state index in [0.29, 0.717) is 35.2 Å². The van der Waals surface area contributed by atoms with Crippen LogP contribution in [0.25, 0.3) is 21.5 Å². The lowest BCUT2D eigenvalue weighted by Gasteiger charge is -2.08. The molecule has 0 saturated heterocycles. The van der Waals surface area contributed by atoms with Crippen LogP contribution in [0.4, 0.5) is 0 Å². The number of carbonyl (C=O) groups is 1. The average molecular weight is 451 g/mol. The Balaban J connectivity index is 1.37. The highest BCUT2D eigenvalue weighted by Crippen LogP contribution is 2.28. The van der Waals surface area contributed by atoms with Gasteiger partial charge in [-0.2, -0.15) is 5.10 Å². The maximum Gasteiger partial charge on any atom is 0.240 e. The first-order valence-corrected chi connectivity index (χ1v) is 10.7. The molecule has 4 nitrogen and oxygen atoms in total. The number of rotatable bonds is 7. The summed E-state index contributed by atoms with van der Waals surface area (Å²) in [6.07, 6.45) is 2.54. The van der Waals surface area contributed by atoms with Gasteiger partial charge < -0.3 is 4.74 Å². The monoisotopic (exact) mass is 450 g/mol. The summed E-state index contributed by atoms with van der Waals surface area (Å²) in [5.74, 6) is 0.374. The summed E-state index contributed by atoms with van der Waals surface area (Å²) < 4.78 is 5.60. The van der Waals surface area contributed by atoms with Crippen molar-refractivity contribution in [2.24, 2.45) is 5.10 Å². The molecule has 6 heteroatoms. The molecule has 0 aliphatic rings. The van der Waals surface area contributed by atoms with Crippen molar-refractivity contribution in [3.05, 3.63) is 88.4 Å². The van der Waals surface area contributed by atoms with E-state index in [0.717, 1.165) is 27.1 Å². The largest absolute Gasteiger partial charge is 0.492 e. The Morgan fingerprint density at radius 1 is 0.935 bits per heavy atom. The van der Waals surface area contributed by atoms with Crippen LogP contribution >= 0.6 is 23.2 Å². The van der Waals surface area contributed by atoms with Crippen LogP contribution in [0.5, 0.6) is 5.75 Å². The smallest absolute Gasteiger partial charge is 0.240 e. The zero-order valence-electron chi connectivity index (χ0n) is 16.6. The molecule has 0 unspecified atom stereocenters. The molecule has 0 heterocycles. The maximum absolute atomic E-state index is 12.2. The summed E-state index contributed by atoms with van der Waals surface area (Å²) >= 11 is 11.9. The maximum atomic E-state index is 12.2. The fourth-order valence-corrected chi connectivity index (χ4v) is 3.88. The molecule has 1 amide bonds. The van der Waals surface area contributed by atoms with Crippen molar-refractivity contribution in [2.45, 2.75) is 12.8 Å². The van der Waals surface area contributed by atoms with Crippen molar-refractivity contribution >= 4 is 56.9 Å². The summed E-state index contributed by atoms with van der Waals surface area (Å²) in [5.41, 5.74) is 3.59. The molecule has 0 bridgehead atoms. The van der Waals surface area contributed by atoms with Gasteiger partial charge in [-0.3, -0.25) is 4.79 Å². The molecule has 0 fully saturated rings. The van der Waals surface area contributed by atoms with E-state index < -0.39 is 0 Å².